The van der Waals surface area contributed by atoms with E-state index in [1.54, 1.807) is 11.3 Å². The van der Waals surface area contributed by atoms with Gasteiger partial charge in [-0.05, 0) is 55.3 Å². The number of aromatic nitrogens is 2. The van der Waals surface area contributed by atoms with Gasteiger partial charge in [-0.1, -0.05) is 0 Å². The molecule has 1 N–H and O–H groups in total. The lowest BCUT2D eigenvalue weighted by atomic mass is 10.2. The third-order valence-corrected chi connectivity index (χ3v) is 4.48. The molecule has 2 rings (SSSR count). The fourth-order valence-electron chi connectivity index (χ4n) is 1.90. The van der Waals surface area contributed by atoms with Crippen molar-refractivity contribution in [2.45, 2.75) is 33.7 Å². The van der Waals surface area contributed by atoms with Crippen LogP contribution in [0.5, 0.6) is 0 Å². The molecule has 3 nitrogen and oxygen atoms in total. The normalized spacial score (nSPS) is 12.5. The molecule has 0 saturated heterocycles. The Labute approximate surface area is 120 Å². The van der Waals surface area contributed by atoms with Gasteiger partial charge in [-0.3, -0.25) is 0 Å². The highest BCUT2D eigenvalue weighted by Gasteiger charge is 2.13. The summed E-state index contributed by atoms with van der Waals surface area (Å²) in [6.07, 6.45) is 1.84. The summed E-state index contributed by atoms with van der Waals surface area (Å²) in [6.45, 7) is 8.31. The van der Waals surface area contributed by atoms with Gasteiger partial charge in [0.2, 0.25) is 0 Å². The number of nitrogens with one attached hydrogen (secondary N) is 1. The maximum atomic E-state index is 4.57. The van der Waals surface area contributed by atoms with Gasteiger partial charge in [-0.25, -0.2) is 9.97 Å². The summed E-state index contributed by atoms with van der Waals surface area (Å²) in [5.74, 6) is 0. The molecule has 2 aromatic rings. The highest BCUT2D eigenvalue weighted by atomic mass is 79.9. The molecule has 2 heterocycles. The van der Waals surface area contributed by atoms with Crippen molar-refractivity contribution < 1.29 is 0 Å². The summed E-state index contributed by atoms with van der Waals surface area (Å²) in [5.41, 5.74) is 3.27. The number of anilines is 1. The Balaban J connectivity index is 2.18. The monoisotopic (exact) mass is 325 g/mol. The van der Waals surface area contributed by atoms with Crippen molar-refractivity contribution in [1.82, 2.24) is 9.97 Å². The average molecular weight is 326 g/mol. The number of nitrogens with zero attached hydrogens (tertiary/aromatic N) is 2. The molecule has 0 amide bonds. The molecule has 5 heteroatoms. The fourth-order valence-corrected chi connectivity index (χ4v) is 3.03. The molecule has 0 spiro atoms. The lowest BCUT2D eigenvalue weighted by molar-refractivity contribution is 0.835. The van der Waals surface area contributed by atoms with E-state index in [0.717, 1.165) is 26.6 Å². The first-order valence-corrected chi connectivity index (χ1v) is 7.41. The zero-order valence-corrected chi connectivity index (χ0v) is 13.3. The van der Waals surface area contributed by atoms with E-state index >= 15 is 0 Å². The van der Waals surface area contributed by atoms with Crippen LogP contribution in [-0.2, 0) is 0 Å². The zero-order chi connectivity index (χ0) is 13.3. The zero-order valence-electron chi connectivity index (χ0n) is 10.9. The van der Waals surface area contributed by atoms with Crippen LogP contribution in [0.2, 0.25) is 0 Å². The largest absolute Gasteiger partial charge is 0.376 e. The minimum atomic E-state index is 0.192. The van der Waals surface area contributed by atoms with Crippen LogP contribution in [0.4, 0.5) is 5.69 Å². The van der Waals surface area contributed by atoms with Crippen molar-refractivity contribution in [2.24, 2.45) is 0 Å². The first kappa shape index (κ1) is 13.5. The SMILES string of the molecule is Cc1nc(C(C)Nc2cnc(Br)c(C)c2)c(C)s1. The predicted octanol–water partition coefficient (Wildman–Crippen LogP) is 4.40. The second kappa shape index (κ2) is 5.36. The van der Waals surface area contributed by atoms with Crippen molar-refractivity contribution in [3.8, 4) is 0 Å². The van der Waals surface area contributed by atoms with Gasteiger partial charge < -0.3 is 5.32 Å². The second-order valence-corrected chi connectivity index (χ2v) is 6.53. The summed E-state index contributed by atoms with van der Waals surface area (Å²) < 4.78 is 0.890. The van der Waals surface area contributed by atoms with Crippen molar-refractivity contribution in [2.75, 3.05) is 5.32 Å². The molecule has 2 aromatic heterocycles. The van der Waals surface area contributed by atoms with E-state index in [0.29, 0.717) is 0 Å². The number of aryl methyl sites for hydroxylation is 3. The molecule has 1 unspecified atom stereocenters. The van der Waals surface area contributed by atoms with Gasteiger partial charge in [0.1, 0.15) is 4.60 Å². The third kappa shape index (κ3) is 2.90. The molecule has 0 fully saturated rings. The maximum Gasteiger partial charge on any atom is 0.109 e. The molecular weight excluding hydrogens is 310 g/mol. The Morgan fingerprint density at radius 1 is 1.33 bits per heavy atom. The summed E-state index contributed by atoms with van der Waals surface area (Å²) in [5, 5.41) is 4.55. The molecular formula is C13H16BrN3S. The van der Waals surface area contributed by atoms with Gasteiger partial charge in [-0.2, -0.15) is 0 Å². The molecule has 0 saturated carbocycles. The Hall–Kier alpha value is -0.940. The van der Waals surface area contributed by atoms with Crippen LogP contribution in [0.1, 0.15) is 34.1 Å². The second-order valence-electron chi connectivity index (χ2n) is 4.37. The molecule has 18 heavy (non-hydrogen) atoms. The lowest BCUT2D eigenvalue weighted by Crippen LogP contribution is -2.08. The van der Waals surface area contributed by atoms with Crippen LogP contribution < -0.4 is 5.32 Å². The first-order chi connectivity index (χ1) is 8.47. The Bertz CT molecular complexity index is 565. The lowest BCUT2D eigenvalue weighted by Gasteiger charge is -2.14. The smallest absolute Gasteiger partial charge is 0.109 e. The van der Waals surface area contributed by atoms with Gasteiger partial charge in [0.15, 0.2) is 0 Å². The summed E-state index contributed by atoms with van der Waals surface area (Å²) in [6, 6.07) is 2.28. The molecule has 0 aromatic carbocycles. The quantitative estimate of drug-likeness (QED) is 0.850. The number of thiazole rings is 1. The van der Waals surface area contributed by atoms with Gasteiger partial charge in [0.05, 0.1) is 28.6 Å². The molecule has 96 valence electrons. The number of pyridine rings is 1. The standard InChI is InChI=1S/C13H16BrN3S/c1-7-5-11(6-15-13(7)14)16-8(2)12-9(3)18-10(4)17-12/h5-6,8,16H,1-4H3. The number of rotatable bonds is 3. The van der Waals surface area contributed by atoms with Crippen LogP contribution >= 0.6 is 27.3 Å². The van der Waals surface area contributed by atoms with Crippen molar-refractivity contribution in [1.29, 1.82) is 0 Å². The molecule has 1 atom stereocenters. The van der Waals surface area contributed by atoms with Gasteiger partial charge >= 0.3 is 0 Å². The van der Waals surface area contributed by atoms with Crippen LogP contribution in [0, 0.1) is 20.8 Å². The van der Waals surface area contributed by atoms with Crippen molar-refractivity contribution in [3.05, 3.63) is 38.0 Å². The van der Waals surface area contributed by atoms with E-state index in [1.807, 2.05) is 20.0 Å². The Morgan fingerprint density at radius 2 is 2.06 bits per heavy atom. The Kier molecular flexibility index (Phi) is 4.02. The number of hydrogen-bond acceptors (Lipinski definition) is 4. The van der Waals surface area contributed by atoms with E-state index in [9.17, 15) is 0 Å². The highest BCUT2D eigenvalue weighted by Crippen LogP contribution is 2.26. The van der Waals surface area contributed by atoms with Gasteiger partial charge in [-0.15, -0.1) is 11.3 Å². The van der Waals surface area contributed by atoms with Crippen LogP contribution in [0.25, 0.3) is 0 Å². The van der Waals surface area contributed by atoms with Crippen LogP contribution in [-0.4, -0.2) is 9.97 Å². The molecule has 0 aliphatic heterocycles. The minimum Gasteiger partial charge on any atom is -0.376 e. The Morgan fingerprint density at radius 3 is 2.61 bits per heavy atom. The maximum absolute atomic E-state index is 4.57. The van der Waals surface area contributed by atoms with Crippen LogP contribution in [0.3, 0.4) is 0 Å². The summed E-state index contributed by atoms with van der Waals surface area (Å²) in [4.78, 5) is 10.1. The summed E-state index contributed by atoms with van der Waals surface area (Å²) >= 11 is 5.15. The summed E-state index contributed by atoms with van der Waals surface area (Å²) in [7, 11) is 0. The topological polar surface area (TPSA) is 37.8 Å². The molecule has 0 radical (unpaired) electrons. The number of halogens is 1. The van der Waals surface area contributed by atoms with E-state index < -0.39 is 0 Å². The van der Waals surface area contributed by atoms with E-state index in [-0.39, 0.29) is 6.04 Å². The van der Waals surface area contributed by atoms with Crippen molar-refractivity contribution >= 4 is 33.0 Å². The fraction of sp³-hybridized carbons (Fsp3) is 0.385. The first-order valence-electron chi connectivity index (χ1n) is 5.80. The highest BCUT2D eigenvalue weighted by molar-refractivity contribution is 9.10. The minimum absolute atomic E-state index is 0.192. The molecule has 0 aliphatic carbocycles. The number of hydrogen-bond donors (Lipinski definition) is 1. The predicted molar refractivity (Wildman–Crippen MR) is 80.3 cm³/mol. The average Bonchev–Trinajstić information content (AvgIpc) is 2.63. The van der Waals surface area contributed by atoms with Gasteiger partial charge in [0.25, 0.3) is 0 Å². The van der Waals surface area contributed by atoms with E-state index in [4.69, 9.17) is 0 Å². The molecule has 0 bridgehead atoms. The third-order valence-electron chi connectivity index (χ3n) is 2.75. The van der Waals surface area contributed by atoms with E-state index in [1.165, 1.54) is 4.88 Å². The molecule has 0 aliphatic rings. The van der Waals surface area contributed by atoms with Gasteiger partial charge in [0, 0.05) is 4.88 Å². The van der Waals surface area contributed by atoms with Crippen molar-refractivity contribution in [3.63, 3.8) is 0 Å². The van der Waals surface area contributed by atoms with Crippen LogP contribution in [0.15, 0.2) is 16.9 Å². The van der Waals surface area contributed by atoms with E-state index in [2.05, 4.69) is 51.1 Å².